The molecule has 0 saturated heterocycles. The number of aldehydes is 1. The summed E-state index contributed by atoms with van der Waals surface area (Å²) in [5.41, 5.74) is 7.62. The van der Waals surface area contributed by atoms with Gasteiger partial charge < -0.3 is 15.2 Å². The number of hydrogen-bond acceptors (Lipinski definition) is 4. The SMILES string of the molecule is NCC1(c2ccc(C=O)c3c2OCCO3)CCC1. The summed E-state index contributed by atoms with van der Waals surface area (Å²) in [5, 5.41) is 0. The van der Waals surface area contributed by atoms with E-state index in [-0.39, 0.29) is 5.41 Å². The van der Waals surface area contributed by atoms with Crippen LogP contribution in [0.4, 0.5) is 0 Å². The summed E-state index contributed by atoms with van der Waals surface area (Å²) >= 11 is 0. The van der Waals surface area contributed by atoms with Crippen LogP contribution in [0.5, 0.6) is 11.5 Å². The molecule has 1 aromatic carbocycles. The molecule has 4 heteroatoms. The molecule has 2 N–H and O–H groups in total. The molecule has 96 valence electrons. The fraction of sp³-hybridized carbons (Fsp3) is 0.500. The molecule has 18 heavy (non-hydrogen) atoms. The number of fused-ring (bicyclic) bond motifs is 1. The van der Waals surface area contributed by atoms with Gasteiger partial charge in [-0.25, -0.2) is 0 Å². The van der Waals surface area contributed by atoms with E-state index < -0.39 is 0 Å². The van der Waals surface area contributed by atoms with Crippen molar-refractivity contribution in [1.29, 1.82) is 0 Å². The molecule has 0 unspecified atom stereocenters. The molecule has 1 aliphatic heterocycles. The smallest absolute Gasteiger partial charge is 0.172 e. The Morgan fingerprint density at radius 1 is 1.22 bits per heavy atom. The molecular weight excluding hydrogens is 230 g/mol. The van der Waals surface area contributed by atoms with Crippen LogP contribution in [-0.2, 0) is 5.41 Å². The van der Waals surface area contributed by atoms with E-state index >= 15 is 0 Å². The highest BCUT2D eigenvalue weighted by Crippen LogP contribution is 2.50. The van der Waals surface area contributed by atoms with E-state index in [1.807, 2.05) is 12.1 Å². The zero-order valence-electron chi connectivity index (χ0n) is 10.3. The maximum atomic E-state index is 11.0. The van der Waals surface area contributed by atoms with E-state index in [0.29, 0.717) is 31.1 Å². The van der Waals surface area contributed by atoms with Crippen LogP contribution in [0.25, 0.3) is 0 Å². The molecule has 1 heterocycles. The quantitative estimate of drug-likeness (QED) is 0.825. The fourth-order valence-electron chi connectivity index (χ4n) is 2.85. The first-order valence-electron chi connectivity index (χ1n) is 6.39. The third kappa shape index (κ3) is 1.52. The molecule has 2 aliphatic rings. The molecule has 0 atom stereocenters. The minimum absolute atomic E-state index is 0.0200. The van der Waals surface area contributed by atoms with Crippen LogP contribution < -0.4 is 15.2 Å². The summed E-state index contributed by atoms with van der Waals surface area (Å²) in [6, 6.07) is 3.79. The van der Waals surface area contributed by atoms with Gasteiger partial charge in [0.05, 0.1) is 5.56 Å². The average Bonchev–Trinajstić information content (AvgIpc) is 2.38. The molecule has 1 aliphatic carbocycles. The Balaban J connectivity index is 2.13. The molecule has 0 amide bonds. The standard InChI is InChI=1S/C14H17NO3/c15-9-14(4-1-5-14)11-3-2-10(8-16)12-13(11)18-7-6-17-12/h2-3,8H,1,4-7,9,15H2. The molecule has 0 radical (unpaired) electrons. The lowest BCUT2D eigenvalue weighted by Gasteiger charge is -2.43. The van der Waals surface area contributed by atoms with Crippen molar-refractivity contribution in [1.82, 2.24) is 0 Å². The Hall–Kier alpha value is -1.55. The van der Waals surface area contributed by atoms with Gasteiger partial charge in [0.1, 0.15) is 13.2 Å². The van der Waals surface area contributed by atoms with E-state index in [1.165, 1.54) is 6.42 Å². The van der Waals surface area contributed by atoms with Crippen LogP contribution in [0.15, 0.2) is 12.1 Å². The van der Waals surface area contributed by atoms with E-state index in [9.17, 15) is 4.79 Å². The number of ether oxygens (including phenoxy) is 2. The van der Waals surface area contributed by atoms with Crippen LogP contribution >= 0.6 is 0 Å². The normalized spacial score (nSPS) is 20.1. The van der Waals surface area contributed by atoms with Crippen LogP contribution in [0, 0.1) is 0 Å². The van der Waals surface area contributed by atoms with Crippen molar-refractivity contribution in [3.05, 3.63) is 23.3 Å². The van der Waals surface area contributed by atoms with E-state index in [1.54, 1.807) is 0 Å². The molecule has 0 aromatic heterocycles. The van der Waals surface area contributed by atoms with Crippen molar-refractivity contribution in [2.24, 2.45) is 5.73 Å². The third-order valence-electron chi connectivity index (χ3n) is 4.12. The molecule has 3 rings (SSSR count). The number of carbonyl (C=O) groups excluding carboxylic acids is 1. The van der Waals surface area contributed by atoms with Crippen LogP contribution in [0.3, 0.4) is 0 Å². The predicted molar refractivity (Wildman–Crippen MR) is 67.4 cm³/mol. The maximum absolute atomic E-state index is 11.0. The van der Waals surface area contributed by atoms with Gasteiger partial charge in [0, 0.05) is 17.5 Å². The Labute approximate surface area is 106 Å². The van der Waals surface area contributed by atoms with Gasteiger partial charge in [0.25, 0.3) is 0 Å². The summed E-state index contributed by atoms with van der Waals surface area (Å²) < 4.78 is 11.3. The van der Waals surface area contributed by atoms with Gasteiger partial charge in [0.2, 0.25) is 0 Å². The van der Waals surface area contributed by atoms with Crippen molar-refractivity contribution in [2.75, 3.05) is 19.8 Å². The highest BCUT2D eigenvalue weighted by molar-refractivity contribution is 5.82. The summed E-state index contributed by atoms with van der Waals surface area (Å²) in [7, 11) is 0. The maximum Gasteiger partial charge on any atom is 0.172 e. The summed E-state index contributed by atoms with van der Waals surface area (Å²) in [5.74, 6) is 1.32. The van der Waals surface area contributed by atoms with Crippen molar-refractivity contribution < 1.29 is 14.3 Å². The van der Waals surface area contributed by atoms with Crippen molar-refractivity contribution in [3.63, 3.8) is 0 Å². The number of rotatable bonds is 3. The lowest BCUT2D eigenvalue weighted by Crippen LogP contribution is -2.42. The second-order valence-electron chi connectivity index (χ2n) is 5.01. The number of benzene rings is 1. The monoisotopic (exact) mass is 247 g/mol. The zero-order valence-corrected chi connectivity index (χ0v) is 10.3. The van der Waals surface area contributed by atoms with E-state index in [4.69, 9.17) is 15.2 Å². The highest BCUT2D eigenvalue weighted by Gasteiger charge is 2.41. The second-order valence-corrected chi connectivity index (χ2v) is 5.01. The largest absolute Gasteiger partial charge is 0.486 e. The Kier molecular flexibility index (Phi) is 2.74. The summed E-state index contributed by atoms with van der Waals surface area (Å²) in [6.45, 7) is 1.64. The lowest BCUT2D eigenvalue weighted by atomic mass is 9.64. The van der Waals surface area contributed by atoms with Gasteiger partial charge in [-0.2, -0.15) is 0 Å². The molecule has 1 fully saturated rings. The van der Waals surface area contributed by atoms with Gasteiger partial charge >= 0.3 is 0 Å². The first-order chi connectivity index (χ1) is 8.80. The van der Waals surface area contributed by atoms with Gasteiger partial charge in [0.15, 0.2) is 17.8 Å². The first kappa shape index (κ1) is 11.5. The highest BCUT2D eigenvalue weighted by atomic mass is 16.6. The minimum atomic E-state index is 0.0200. The summed E-state index contributed by atoms with van der Waals surface area (Å²) in [4.78, 5) is 11.0. The minimum Gasteiger partial charge on any atom is -0.486 e. The van der Waals surface area contributed by atoms with Crippen molar-refractivity contribution in [3.8, 4) is 11.5 Å². The van der Waals surface area contributed by atoms with Crippen LogP contribution in [0.1, 0.15) is 35.2 Å². The van der Waals surface area contributed by atoms with Gasteiger partial charge in [-0.3, -0.25) is 4.79 Å². The Morgan fingerprint density at radius 3 is 2.50 bits per heavy atom. The average molecular weight is 247 g/mol. The Bertz CT molecular complexity index is 475. The lowest BCUT2D eigenvalue weighted by molar-refractivity contribution is 0.110. The van der Waals surface area contributed by atoms with Crippen LogP contribution in [-0.4, -0.2) is 26.0 Å². The molecule has 0 spiro atoms. The van der Waals surface area contributed by atoms with Gasteiger partial charge in [-0.1, -0.05) is 12.5 Å². The topological polar surface area (TPSA) is 61.6 Å². The number of nitrogens with two attached hydrogens (primary N) is 1. The first-order valence-corrected chi connectivity index (χ1v) is 6.39. The van der Waals surface area contributed by atoms with E-state index in [0.717, 1.165) is 30.4 Å². The Morgan fingerprint density at radius 2 is 1.94 bits per heavy atom. The number of carbonyl (C=O) groups is 1. The van der Waals surface area contributed by atoms with Crippen molar-refractivity contribution in [2.45, 2.75) is 24.7 Å². The van der Waals surface area contributed by atoms with Crippen molar-refractivity contribution >= 4 is 6.29 Å². The molecule has 1 aromatic rings. The van der Waals surface area contributed by atoms with Crippen LogP contribution in [0.2, 0.25) is 0 Å². The van der Waals surface area contributed by atoms with E-state index in [2.05, 4.69) is 0 Å². The fourth-order valence-corrected chi connectivity index (χ4v) is 2.85. The van der Waals surface area contributed by atoms with Gasteiger partial charge in [-0.15, -0.1) is 0 Å². The predicted octanol–water partition coefficient (Wildman–Crippen LogP) is 1.65. The molecule has 4 nitrogen and oxygen atoms in total. The summed E-state index contributed by atoms with van der Waals surface area (Å²) in [6.07, 6.45) is 4.18. The molecule has 1 saturated carbocycles. The number of hydrogen-bond donors (Lipinski definition) is 1. The second kappa shape index (κ2) is 4.28. The van der Waals surface area contributed by atoms with Gasteiger partial charge in [-0.05, 0) is 18.9 Å². The third-order valence-corrected chi connectivity index (χ3v) is 4.12. The zero-order chi connectivity index (χ0) is 12.6. The molecular formula is C14H17NO3. The molecule has 0 bridgehead atoms.